The number of halogens is 2. The molecule has 0 radical (unpaired) electrons. The van der Waals surface area contributed by atoms with Crippen molar-refractivity contribution in [1.29, 1.82) is 5.26 Å². The Labute approximate surface area is 131 Å². The first-order valence-corrected chi connectivity index (χ1v) is 6.90. The van der Waals surface area contributed by atoms with Crippen molar-refractivity contribution in [2.45, 2.75) is 13.1 Å². The molecule has 0 aliphatic rings. The van der Waals surface area contributed by atoms with Crippen molar-refractivity contribution in [1.82, 2.24) is 14.5 Å². The predicted octanol–water partition coefficient (Wildman–Crippen LogP) is 3.33. The molecule has 2 aromatic heterocycles. The van der Waals surface area contributed by atoms with E-state index in [0.29, 0.717) is 11.3 Å². The summed E-state index contributed by atoms with van der Waals surface area (Å²) in [6.07, 6.45) is 4.07. The third kappa shape index (κ3) is 2.71. The molecule has 0 bridgehead atoms. The lowest BCUT2D eigenvalue weighted by atomic mass is 10.1. The van der Waals surface area contributed by atoms with Gasteiger partial charge in [0.05, 0.1) is 23.3 Å². The second kappa shape index (κ2) is 6.01. The van der Waals surface area contributed by atoms with Gasteiger partial charge in [-0.15, -0.1) is 0 Å². The highest BCUT2D eigenvalue weighted by Crippen LogP contribution is 2.29. The Balaban J connectivity index is 2.05. The number of rotatable bonds is 4. The van der Waals surface area contributed by atoms with Gasteiger partial charge in [0, 0.05) is 31.0 Å². The molecule has 0 fully saturated rings. The standard InChI is InChI=1S/C16H13F2N5/c1-22(10-14-20-6-7-23(14)16(17)18)15-11(8-19)9-21-13-5-3-2-4-12(13)15/h2-7,9,16H,10H2,1H3. The monoisotopic (exact) mass is 313 g/mol. The number of benzene rings is 1. The van der Waals surface area contributed by atoms with Gasteiger partial charge in [0.1, 0.15) is 11.9 Å². The van der Waals surface area contributed by atoms with Gasteiger partial charge in [0.25, 0.3) is 0 Å². The summed E-state index contributed by atoms with van der Waals surface area (Å²) in [4.78, 5) is 9.97. The van der Waals surface area contributed by atoms with Crippen molar-refractivity contribution in [2.75, 3.05) is 11.9 Å². The summed E-state index contributed by atoms with van der Waals surface area (Å²) in [5.74, 6) is 0.229. The molecule has 0 N–H and O–H groups in total. The zero-order valence-corrected chi connectivity index (χ0v) is 12.3. The molecular weight excluding hydrogens is 300 g/mol. The maximum Gasteiger partial charge on any atom is 0.319 e. The maximum atomic E-state index is 13.0. The maximum absolute atomic E-state index is 13.0. The Morgan fingerprint density at radius 3 is 2.83 bits per heavy atom. The van der Waals surface area contributed by atoms with Gasteiger partial charge in [-0.3, -0.25) is 9.55 Å². The van der Waals surface area contributed by atoms with Crippen LogP contribution in [0.4, 0.5) is 14.5 Å². The third-order valence-electron chi connectivity index (χ3n) is 3.59. The number of nitrogens with zero attached hydrogens (tertiary/aromatic N) is 5. The van der Waals surface area contributed by atoms with Crippen LogP contribution in [-0.2, 0) is 6.54 Å². The van der Waals surface area contributed by atoms with Gasteiger partial charge in [-0.2, -0.15) is 14.0 Å². The number of imidazole rings is 1. The molecule has 1 aromatic carbocycles. The van der Waals surface area contributed by atoms with Crippen LogP contribution >= 0.6 is 0 Å². The lowest BCUT2D eigenvalue weighted by molar-refractivity contribution is 0.0670. The highest BCUT2D eigenvalue weighted by Gasteiger charge is 2.17. The molecule has 3 rings (SSSR count). The second-order valence-corrected chi connectivity index (χ2v) is 5.03. The molecule has 116 valence electrons. The van der Waals surface area contributed by atoms with Crippen LogP contribution in [0.25, 0.3) is 10.9 Å². The lowest BCUT2D eigenvalue weighted by Crippen LogP contribution is -2.21. The number of fused-ring (bicyclic) bond motifs is 1. The summed E-state index contributed by atoms with van der Waals surface area (Å²) in [6, 6.07) is 9.51. The minimum absolute atomic E-state index is 0.153. The van der Waals surface area contributed by atoms with Crippen molar-refractivity contribution in [3.8, 4) is 6.07 Å². The SMILES string of the molecule is CN(Cc1nccn1C(F)F)c1c(C#N)cnc2ccccc12. The Hall–Kier alpha value is -3.01. The van der Waals surface area contributed by atoms with E-state index in [1.165, 1.54) is 18.6 Å². The highest BCUT2D eigenvalue weighted by atomic mass is 19.3. The average Bonchev–Trinajstić information content (AvgIpc) is 3.01. The van der Waals surface area contributed by atoms with Gasteiger partial charge in [0.2, 0.25) is 0 Å². The molecule has 0 unspecified atom stereocenters. The van der Waals surface area contributed by atoms with Crippen LogP contribution in [0, 0.1) is 11.3 Å². The topological polar surface area (TPSA) is 57.7 Å². The summed E-state index contributed by atoms with van der Waals surface area (Å²) >= 11 is 0. The summed E-state index contributed by atoms with van der Waals surface area (Å²) in [5, 5.41) is 10.1. The fraction of sp³-hybridized carbons (Fsp3) is 0.188. The minimum atomic E-state index is -2.65. The average molecular weight is 313 g/mol. The van der Waals surface area contributed by atoms with Crippen molar-refractivity contribution in [3.63, 3.8) is 0 Å². The number of para-hydroxylation sites is 1. The first kappa shape index (κ1) is 14.9. The molecular formula is C16H13F2N5. The second-order valence-electron chi connectivity index (χ2n) is 5.03. The van der Waals surface area contributed by atoms with Crippen LogP contribution in [0.1, 0.15) is 17.9 Å². The quantitative estimate of drug-likeness (QED) is 0.741. The van der Waals surface area contributed by atoms with E-state index in [-0.39, 0.29) is 12.4 Å². The predicted molar refractivity (Wildman–Crippen MR) is 82.0 cm³/mol. The fourth-order valence-electron chi connectivity index (χ4n) is 2.56. The van der Waals surface area contributed by atoms with Crippen LogP contribution in [0.3, 0.4) is 0 Å². The molecule has 0 spiro atoms. The summed E-state index contributed by atoms with van der Waals surface area (Å²) < 4.78 is 26.7. The van der Waals surface area contributed by atoms with Crippen LogP contribution in [0.15, 0.2) is 42.9 Å². The Morgan fingerprint density at radius 1 is 1.30 bits per heavy atom. The van der Waals surface area contributed by atoms with Crippen molar-refractivity contribution < 1.29 is 8.78 Å². The lowest BCUT2D eigenvalue weighted by Gasteiger charge is -2.22. The van der Waals surface area contributed by atoms with E-state index in [9.17, 15) is 14.0 Å². The molecule has 5 nitrogen and oxygen atoms in total. The van der Waals surface area contributed by atoms with Gasteiger partial charge >= 0.3 is 6.55 Å². The third-order valence-corrected chi connectivity index (χ3v) is 3.59. The van der Waals surface area contributed by atoms with E-state index in [2.05, 4.69) is 16.0 Å². The first-order chi connectivity index (χ1) is 11.1. The van der Waals surface area contributed by atoms with E-state index >= 15 is 0 Å². The first-order valence-electron chi connectivity index (χ1n) is 6.90. The molecule has 2 heterocycles. The highest BCUT2D eigenvalue weighted by molar-refractivity contribution is 5.94. The molecule has 3 aromatic rings. The van der Waals surface area contributed by atoms with Crippen molar-refractivity contribution >= 4 is 16.6 Å². The van der Waals surface area contributed by atoms with E-state index in [0.717, 1.165) is 15.5 Å². The van der Waals surface area contributed by atoms with Crippen LogP contribution in [0.5, 0.6) is 0 Å². The molecule has 23 heavy (non-hydrogen) atoms. The summed E-state index contributed by atoms with van der Waals surface area (Å²) in [6.45, 7) is -2.49. The molecule has 7 heteroatoms. The Kier molecular flexibility index (Phi) is 3.89. The van der Waals surface area contributed by atoms with Crippen molar-refractivity contribution in [3.05, 3.63) is 54.2 Å². The fourth-order valence-corrected chi connectivity index (χ4v) is 2.56. The number of hydrogen-bond acceptors (Lipinski definition) is 4. The van der Waals surface area contributed by atoms with Gasteiger partial charge in [-0.25, -0.2) is 4.98 Å². The van der Waals surface area contributed by atoms with Gasteiger partial charge < -0.3 is 4.90 Å². The van der Waals surface area contributed by atoms with E-state index in [4.69, 9.17) is 0 Å². The minimum Gasteiger partial charge on any atom is -0.365 e. The zero-order chi connectivity index (χ0) is 16.4. The molecule has 0 amide bonds. The van der Waals surface area contributed by atoms with Crippen LogP contribution < -0.4 is 4.90 Å². The molecule has 0 saturated carbocycles. The molecule has 0 aliphatic carbocycles. The summed E-state index contributed by atoms with van der Waals surface area (Å²) in [7, 11) is 1.74. The van der Waals surface area contributed by atoms with Gasteiger partial charge in [0.15, 0.2) is 0 Å². The van der Waals surface area contributed by atoms with Gasteiger partial charge in [-0.1, -0.05) is 18.2 Å². The molecule has 0 aliphatic heterocycles. The molecule has 0 saturated heterocycles. The largest absolute Gasteiger partial charge is 0.365 e. The van der Waals surface area contributed by atoms with E-state index < -0.39 is 6.55 Å². The normalized spacial score (nSPS) is 10.9. The van der Waals surface area contributed by atoms with E-state index in [1.807, 2.05) is 24.3 Å². The van der Waals surface area contributed by atoms with Gasteiger partial charge in [-0.05, 0) is 6.07 Å². The Morgan fingerprint density at radius 2 is 2.09 bits per heavy atom. The Bertz CT molecular complexity index is 882. The van der Waals surface area contributed by atoms with Crippen LogP contribution in [-0.4, -0.2) is 21.6 Å². The number of nitriles is 1. The molecule has 0 atom stereocenters. The number of pyridine rings is 1. The van der Waals surface area contributed by atoms with Crippen LogP contribution in [0.2, 0.25) is 0 Å². The number of aromatic nitrogens is 3. The number of hydrogen-bond donors (Lipinski definition) is 0. The summed E-state index contributed by atoms with van der Waals surface area (Å²) in [5.41, 5.74) is 1.79. The van der Waals surface area contributed by atoms with E-state index in [1.54, 1.807) is 11.9 Å². The zero-order valence-electron chi connectivity index (χ0n) is 12.3. The number of anilines is 1. The number of alkyl halides is 2. The smallest absolute Gasteiger partial charge is 0.319 e. The van der Waals surface area contributed by atoms with Crippen molar-refractivity contribution in [2.24, 2.45) is 0 Å².